The smallest absolute Gasteiger partial charge is 0.345 e. The second-order valence-electron chi connectivity index (χ2n) is 3.37. The maximum absolute atomic E-state index is 5.61. The SMILES string of the molecule is CCOC(OCC)(OCC)C1=NCCCN1. The Bertz CT molecular complexity index is 214. The molecule has 0 radical (unpaired) electrons. The Morgan fingerprint density at radius 2 is 1.69 bits per heavy atom. The number of hydrogen-bond donors (Lipinski definition) is 1. The van der Waals surface area contributed by atoms with Gasteiger partial charge >= 0.3 is 5.97 Å². The molecule has 1 aliphatic heterocycles. The van der Waals surface area contributed by atoms with Crippen molar-refractivity contribution in [3.8, 4) is 0 Å². The fourth-order valence-electron chi connectivity index (χ4n) is 1.64. The van der Waals surface area contributed by atoms with Crippen molar-refractivity contribution in [2.24, 2.45) is 4.99 Å². The number of aliphatic imine (C=N–C) groups is 1. The van der Waals surface area contributed by atoms with E-state index in [2.05, 4.69) is 10.3 Å². The Kier molecular flexibility index (Phi) is 5.73. The lowest BCUT2D eigenvalue weighted by atomic mass is 10.3. The summed E-state index contributed by atoms with van der Waals surface area (Å²) in [4.78, 5) is 4.39. The Labute approximate surface area is 97.2 Å². The zero-order chi connectivity index (χ0) is 11.9. The molecule has 0 amide bonds. The Morgan fingerprint density at radius 1 is 1.12 bits per heavy atom. The molecular weight excluding hydrogens is 208 g/mol. The van der Waals surface area contributed by atoms with Crippen molar-refractivity contribution >= 4 is 5.84 Å². The first kappa shape index (κ1) is 13.4. The van der Waals surface area contributed by atoms with Crippen LogP contribution in [0.5, 0.6) is 0 Å². The lowest BCUT2D eigenvalue weighted by Gasteiger charge is -2.34. The molecule has 0 unspecified atom stereocenters. The van der Waals surface area contributed by atoms with Crippen LogP contribution in [0.15, 0.2) is 4.99 Å². The zero-order valence-corrected chi connectivity index (χ0v) is 10.4. The first-order chi connectivity index (χ1) is 7.79. The van der Waals surface area contributed by atoms with E-state index in [4.69, 9.17) is 14.2 Å². The molecule has 0 aromatic heterocycles. The normalized spacial score (nSPS) is 16.8. The number of nitrogens with one attached hydrogen (secondary N) is 1. The van der Waals surface area contributed by atoms with E-state index in [9.17, 15) is 0 Å². The molecule has 16 heavy (non-hydrogen) atoms. The van der Waals surface area contributed by atoms with Gasteiger partial charge in [-0.1, -0.05) is 0 Å². The molecule has 0 saturated heterocycles. The molecule has 0 bridgehead atoms. The summed E-state index contributed by atoms with van der Waals surface area (Å²) in [6.07, 6.45) is 1.03. The fraction of sp³-hybridized carbons (Fsp3) is 0.909. The third-order valence-electron chi connectivity index (χ3n) is 2.19. The van der Waals surface area contributed by atoms with Crippen LogP contribution in [-0.2, 0) is 14.2 Å². The van der Waals surface area contributed by atoms with Crippen LogP contribution < -0.4 is 5.32 Å². The van der Waals surface area contributed by atoms with Crippen molar-refractivity contribution in [2.45, 2.75) is 33.2 Å². The van der Waals surface area contributed by atoms with Crippen LogP contribution >= 0.6 is 0 Å². The molecule has 0 atom stereocenters. The van der Waals surface area contributed by atoms with Gasteiger partial charge in [-0.3, -0.25) is 4.99 Å². The molecule has 5 nitrogen and oxygen atoms in total. The molecule has 0 saturated carbocycles. The molecule has 0 aromatic rings. The minimum absolute atomic E-state index is 0.515. The Balaban J connectivity index is 2.83. The molecule has 1 N–H and O–H groups in total. The first-order valence-corrected chi connectivity index (χ1v) is 5.99. The van der Waals surface area contributed by atoms with Gasteiger partial charge in [-0.05, 0) is 27.2 Å². The van der Waals surface area contributed by atoms with E-state index in [0.717, 1.165) is 19.5 Å². The monoisotopic (exact) mass is 230 g/mol. The predicted octanol–water partition coefficient (Wildman–Crippen LogP) is 1.14. The molecule has 0 spiro atoms. The van der Waals surface area contributed by atoms with Crippen LogP contribution in [0.2, 0.25) is 0 Å². The quantitative estimate of drug-likeness (QED) is 0.666. The lowest BCUT2D eigenvalue weighted by molar-refractivity contribution is -0.332. The summed E-state index contributed by atoms with van der Waals surface area (Å²) in [7, 11) is 0. The zero-order valence-electron chi connectivity index (χ0n) is 10.4. The van der Waals surface area contributed by atoms with Gasteiger partial charge < -0.3 is 19.5 Å². The van der Waals surface area contributed by atoms with E-state index < -0.39 is 5.97 Å². The standard InChI is InChI=1S/C11H22N2O3/c1-4-14-11(15-5-2,16-6-3)10-12-8-7-9-13-10/h4-9H2,1-3H3,(H,12,13). The third-order valence-corrected chi connectivity index (χ3v) is 2.19. The molecular formula is C11H22N2O3. The van der Waals surface area contributed by atoms with E-state index in [-0.39, 0.29) is 0 Å². The Morgan fingerprint density at radius 3 is 2.06 bits per heavy atom. The summed E-state index contributed by atoms with van der Waals surface area (Å²) < 4.78 is 16.8. The summed E-state index contributed by atoms with van der Waals surface area (Å²) in [5.41, 5.74) is 0. The van der Waals surface area contributed by atoms with Crippen molar-refractivity contribution in [3.05, 3.63) is 0 Å². The van der Waals surface area contributed by atoms with E-state index in [0.29, 0.717) is 25.7 Å². The minimum atomic E-state index is -1.14. The van der Waals surface area contributed by atoms with Gasteiger partial charge in [-0.25, -0.2) is 0 Å². The van der Waals surface area contributed by atoms with E-state index in [1.165, 1.54) is 0 Å². The van der Waals surface area contributed by atoms with Crippen molar-refractivity contribution < 1.29 is 14.2 Å². The minimum Gasteiger partial charge on any atom is -0.367 e. The summed E-state index contributed by atoms with van der Waals surface area (Å²) in [6, 6.07) is 0. The van der Waals surface area contributed by atoms with E-state index >= 15 is 0 Å². The predicted molar refractivity (Wildman–Crippen MR) is 62.5 cm³/mol. The number of ether oxygens (including phenoxy) is 3. The molecule has 0 aliphatic carbocycles. The highest BCUT2D eigenvalue weighted by Crippen LogP contribution is 2.18. The highest BCUT2D eigenvalue weighted by molar-refractivity contribution is 5.88. The third kappa shape index (κ3) is 3.17. The molecule has 1 rings (SSSR count). The van der Waals surface area contributed by atoms with Gasteiger partial charge in [-0.15, -0.1) is 0 Å². The van der Waals surface area contributed by atoms with Crippen molar-refractivity contribution in [2.75, 3.05) is 32.9 Å². The number of amidine groups is 1. The van der Waals surface area contributed by atoms with Gasteiger partial charge in [0.1, 0.15) is 0 Å². The fourth-order valence-corrected chi connectivity index (χ4v) is 1.64. The number of rotatable bonds is 7. The largest absolute Gasteiger partial charge is 0.367 e. The summed E-state index contributed by atoms with van der Waals surface area (Å²) in [5.74, 6) is -0.483. The maximum atomic E-state index is 5.61. The average molecular weight is 230 g/mol. The highest BCUT2D eigenvalue weighted by atomic mass is 16.9. The van der Waals surface area contributed by atoms with Crippen molar-refractivity contribution in [1.82, 2.24) is 5.32 Å². The van der Waals surface area contributed by atoms with Crippen molar-refractivity contribution in [3.63, 3.8) is 0 Å². The van der Waals surface area contributed by atoms with Crippen LogP contribution in [0, 0.1) is 0 Å². The van der Waals surface area contributed by atoms with Crippen LogP contribution in [0.4, 0.5) is 0 Å². The molecule has 1 aliphatic rings. The van der Waals surface area contributed by atoms with Crippen LogP contribution in [0.1, 0.15) is 27.2 Å². The highest BCUT2D eigenvalue weighted by Gasteiger charge is 2.40. The lowest BCUT2D eigenvalue weighted by Crippen LogP contribution is -2.54. The van der Waals surface area contributed by atoms with Gasteiger partial charge in [0.2, 0.25) is 0 Å². The topological polar surface area (TPSA) is 52.1 Å². The van der Waals surface area contributed by atoms with E-state index in [1.54, 1.807) is 0 Å². The van der Waals surface area contributed by atoms with Crippen molar-refractivity contribution in [1.29, 1.82) is 0 Å². The maximum Gasteiger partial charge on any atom is 0.345 e. The molecule has 94 valence electrons. The second-order valence-corrected chi connectivity index (χ2v) is 3.37. The van der Waals surface area contributed by atoms with Crippen LogP contribution in [0.3, 0.4) is 0 Å². The van der Waals surface area contributed by atoms with E-state index in [1.807, 2.05) is 20.8 Å². The van der Waals surface area contributed by atoms with Gasteiger partial charge in [0.05, 0.1) is 19.8 Å². The van der Waals surface area contributed by atoms with Crippen LogP contribution in [-0.4, -0.2) is 44.7 Å². The summed E-state index contributed by atoms with van der Waals surface area (Å²) >= 11 is 0. The van der Waals surface area contributed by atoms with Gasteiger partial charge in [0.15, 0.2) is 5.84 Å². The van der Waals surface area contributed by atoms with Gasteiger partial charge in [0, 0.05) is 13.1 Å². The number of nitrogens with zero attached hydrogens (tertiary/aromatic N) is 1. The van der Waals surface area contributed by atoms with Gasteiger partial charge in [-0.2, -0.15) is 0 Å². The van der Waals surface area contributed by atoms with Crippen LogP contribution in [0.25, 0.3) is 0 Å². The number of hydrogen-bond acceptors (Lipinski definition) is 5. The van der Waals surface area contributed by atoms with Gasteiger partial charge in [0.25, 0.3) is 0 Å². The summed E-state index contributed by atoms with van der Waals surface area (Å²) in [5, 5.41) is 3.19. The molecule has 1 heterocycles. The first-order valence-electron chi connectivity index (χ1n) is 5.99. The molecule has 0 fully saturated rings. The summed E-state index contributed by atoms with van der Waals surface area (Å²) in [6.45, 7) is 8.95. The second kappa shape index (κ2) is 6.83. The Hall–Kier alpha value is -0.650. The molecule has 0 aromatic carbocycles. The average Bonchev–Trinajstić information content (AvgIpc) is 2.31. The molecule has 5 heteroatoms.